The van der Waals surface area contributed by atoms with Gasteiger partial charge in [-0.3, -0.25) is 14.4 Å². The number of esters is 3. The first kappa shape index (κ1) is 70.1. The highest BCUT2D eigenvalue weighted by atomic mass is 16.6. The number of allylic oxidation sites excluding steroid dienone is 10. The van der Waals surface area contributed by atoms with Crippen molar-refractivity contribution in [3.63, 3.8) is 0 Å². The molecule has 73 heavy (non-hydrogen) atoms. The highest BCUT2D eigenvalue weighted by molar-refractivity contribution is 5.71. The van der Waals surface area contributed by atoms with Gasteiger partial charge in [-0.05, 0) is 103 Å². The number of carbonyl (C=O) groups is 3. The van der Waals surface area contributed by atoms with Crippen molar-refractivity contribution in [1.29, 1.82) is 0 Å². The van der Waals surface area contributed by atoms with Crippen LogP contribution < -0.4 is 0 Å². The normalized spacial score (nSPS) is 12.4. The Morgan fingerprint density at radius 2 is 0.507 bits per heavy atom. The summed E-state index contributed by atoms with van der Waals surface area (Å²) < 4.78 is 16.9. The van der Waals surface area contributed by atoms with Crippen LogP contribution in [-0.4, -0.2) is 37.2 Å². The van der Waals surface area contributed by atoms with Gasteiger partial charge in [-0.25, -0.2) is 0 Å². The largest absolute Gasteiger partial charge is 0.462 e. The summed E-state index contributed by atoms with van der Waals surface area (Å²) in [6, 6.07) is 0. The summed E-state index contributed by atoms with van der Waals surface area (Å²) in [6.45, 7) is 6.62. The maximum atomic E-state index is 12.9. The van der Waals surface area contributed by atoms with E-state index in [9.17, 15) is 14.4 Å². The third-order valence-corrected chi connectivity index (χ3v) is 14.0. The minimum absolute atomic E-state index is 0.0923. The summed E-state index contributed by atoms with van der Waals surface area (Å²) in [5, 5.41) is 0. The van der Waals surface area contributed by atoms with Crippen molar-refractivity contribution in [3.8, 4) is 0 Å². The van der Waals surface area contributed by atoms with Gasteiger partial charge >= 0.3 is 17.9 Å². The molecular weight excluding hydrogens is 901 g/mol. The second kappa shape index (κ2) is 61.7. The van der Waals surface area contributed by atoms with Crippen LogP contribution in [0.2, 0.25) is 0 Å². The molecule has 0 saturated heterocycles. The van der Waals surface area contributed by atoms with E-state index in [0.717, 1.165) is 57.8 Å². The van der Waals surface area contributed by atoms with E-state index in [0.29, 0.717) is 19.3 Å². The summed E-state index contributed by atoms with van der Waals surface area (Å²) in [5.41, 5.74) is 0. The predicted molar refractivity (Wildman–Crippen MR) is 316 cm³/mol. The van der Waals surface area contributed by atoms with Gasteiger partial charge in [0.2, 0.25) is 0 Å². The minimum atomic E-state index is -0.799. The molecule has 1 unspecified atom stereocenters. The van der Waals surface area contributed by atoms with Crippen LogP contribution in [-0.2, 0) is 28.6 Å². The maximum absolute atomic E-state index is 12.9. The average molecular weight is 1020 g/mol. The molecular formula is C67H120O6. The maximum Gasteiger partial charge on any atom is 0.306 e. The molecule has 0 N–H and O–H groups in total. The summed E-state index contributed by atoms with van der Waals surface area (Å²) >= 11 is 0. The summed E-state index contributed by atoms with van der Waals surface area (Å²) in [6.07, 6.45) is 78.0. The van der Waals surface area contributed by atoms with Crippen molar-refractivity contribution in [2.45, 2.75) is 335 Å². The molecule has 0 rings (SSSR count). The Morgan fingerprint density at radius 1 is 0.274 bits per heavy atom. The molecule has 0 aromatic carbocycles. The van der Waals surface area contributed by atoms with E-state index < -0.39 is 6.10 Å². The molecule has 1 atom stereocenters. The van der Waals surface area contributed by atoms with Gasteiger partial charge in [-0.1, -0.05) is 268 Å². The number of carbonyl (C=O) groups excluding carboxylic acids is 3. The van der Waals surface area contributed by atoms with Crippen molar-refractivity contribution in [2.75, 3.05) is 13.2 Å². The van der Waals surface area contributed by atoms with Crippen molar-refractivity contribution in [2.24, 2.45) is 0 Å². The SMILES string of the molecule is CCCCCCCC/C=C\C/C=C\C/C=C\CCCC(=O)OCC(COC(=O)CCCCCCCCC/C=C\CCCCCCCCCC)OC(=O)CCCCCCCCC/C=C\CCCCCCCCCC. The molecule has 0 aliphatic carbocycles. The lowest BCUT2D eigenvalue weighted by atomic mass is 10.1. The van der Waals surface area contributed by atoms with Crippen molar-refractivity contribution in [3.05, 3.63) is 60.8 Å². The van der Waals surface area contributed by atoms with Crippen molar-refractivity contribution >= 4 is 17.9 Å². The number of hydrogen-bond donors (Lipinski definition) is 0. The zero-order valence-electron chi connectivity index (χ0n) is 48.7. The number of rotatable bonds is 58. The van der Waals surface area contributed by atoms with Crippen LogP contribution in [0.1, 0.15) is 329 Å². The van der Waals surface area contributed by atoms with Crippen LogP contribution in [0.15, 0.2) is 60.8 Å². The third-order valence-electron chi connectivity index (χ3n) is 14.0. The number of unbranched alkanes of at least 4 members (excludes halogenated alkanes) is 37. The van der Waals surface area contributed by atoms with E-state index in [2.05, 4.69) is 81.5 Å². The third kappa shape index (κ3) is 59.9. The van der Waals surface area contributed by atoms with Crippen LogP contribution in [0, 0.1) is 0 Å². The first-order valence-corrected chi connectivity index (χ1v) is 31.8. The second-order valence-corrected chi connectivity index (χ2v) is 21.3. The minimum Gasteiger partial charge on any atom is -0.462 e. The van der Waals surface area contributed by atoms with Crippen LogP contribution in [0.5, 0.6) is 0 Å². The molecule has 0 bridgehead atoms. The van der Waals surface area contributed by atoms with E-state index in [-0.39, 0.29) is 37.5 Å². The number of hydrogen-bond acceptors (Lipinski definition) is 6. The lowest BCUT2D eigenvalue weighted by Crippen LogP contribution is -2.30. The molecule has 0 aliphatic rings. The molecule has 0 amide bonds. The van der Waals surface area contributed by atoms with Gasteiger partial charge in [-0.2, -0.15) is 0 Å². The van der Waals surface area contributed by atoms with Crippen LogP contribution in [0.25, 0.3) is 0 Å². The second-order valence-electron chi connectivity index (χ2n) is 21.3. The first-order chi connectivity index (χ1) is 36.0. The highest BCUT2D eigenvalue weighted by Crippen LogP contribution is 2.16. The summed E-state index contributed by atoms with van der Waals surface area (Å²) in [4.78, 5) is 38.3. The smallest absolute Gasteiger partial charge is 0.306 e. The zero-order valence-corrected chi connectivity index (χ0v) is 48.7. The highest BCUT2D eigenvalue weighted by Gasteiger charge is 2.19. The fourth-order valence-electron chi connectivity index (χ4n) is 9.16. The van der Waals surface area contributed by atoms with E-state index in [1.54, 1.807) is 0 Å². The molecule has 6 nitrogen and oxygen atoms in total. The monoisotopic (exact) mass is 1020 g/mol. The lowest BCUT2D eigenvalue weighted by Gasteiger charge is -2.18. The lowest BCUT2D eigenvalue weighted by molar-refractivity contribution is -0.167. The fraction of sp³-hybridized carbons (Fsp3) is 0.806. The van der Waals surface area contributed by atoms with Gasteiger partial charge in [0.15, 0.2) is 6.10 Å². The molecule has 424 valence electrons. The van der Waals surface area contributed by atoms with Crippen molar-refractivity contribution < 1.29 is 28.6 Å². The molecule has 0 spiro atoms. The Labute approximate surface area is 453 Å². The van der Waals surface area contributed by atoms with E-state index >= 15 is 0 Å². The molecule has 0 aliphatic heterocycles. The van der Waals surface area contributed by atoms with Crippen LogP contribution in [0.4, 0.5) is 0 Å². The first-order valence-electron chi connectivity index (χ1n) is 31.8. The average Bonchev–Trinajstić information content (AvgIpc) is 3.39. The topological polar surface area (TPSA) is 78.9 Å². The van der Waals surface area contributed by atoms with Gasteiger partial charge in [0.1, 0.15) is 13.2 Å². The van der Waals surface area contributed by atoms with Gasteiger partial charge in [0.05, 0.1) is 0 Å². The Kier molecular flexibility index (Phi) is 59.2. The predicted octanol–water partition coefficient (Wildman–Crippen LogP) is 21.6. The van der Waals surface area contributed by atoms with Gasteiger partial charge in [-0.15, -0.1) is 0 Å². The summed E-state index contributed by atoms with van der Waals surface area (Å²) in [7, 11) is 0. The fourth-order valence-corrected chi connectivity index (χ4v) is 9.16. The Hall–Kier alpha value is -2.89. The van der Waals surface area contributed by atoms with Crippen LogP contribution in [0.3, 0.4) is 0 Å². The van der Waals surface area contributed by atoms with Gasteiger partial charge < -0.3 is 14.2 Å². The van der Waals surface area contributed by atoms with E-state index in [1.807, 2.05) is 0 Å². The Bertz CT molecular complexity index is 1310. The Balaban J connectivity index is 4.43. The van der Waals surface area contributed by atoms with Gasteiger partial charge in [0.25, 0.3) is 0 Å². The molecule has 0 aromatic heterocycles. The molecule has 0 saturated carbocycles. The Morgan fingerprint density at radius 3 is 0.836 bits per heavy atom. The molecule has 0 fully saturated rings. The standard InChI is InChI=1S/C67H120O6/c1-4-7-10-13-16-19-22-25-28-31-33-36-39-42-45-48-51-54-57-60-66(69)72-63-64(62-71-65(68)59-56-53-50-47-44-41-38-35-30-27-24-21-18-15-12-9-6-3)73-67(70)61-58-55-52-49-46-43-40-37-34-32-29-26-23-20-17-14-11-8-5-2/h27,30-34,38,41,47,50,64H,4-26,28-29,35-37,39-40,42-46,48-49,51-63H2,1-3H3/b30-27-,33-31-,34-32-,41-38-,50-47-. The number of ether oxygens (including phenoxy) is 3. The molecule has 0 radical (unpaired) electrons. The van der Waals surface area contributed by atoms with E-state index in [4.69, 9.17) is 14.2 Å². The summed E-state index contributed by atoms with van der Waals surface area (Å²) in [5.74, 6) is -0.939. The molecule has 0 heterocycles. The van der Waals surface area contributed by atoms with Crippen molar-refractivity contribution in [1.82, 2.24) is 0 Å². The molecule has 0 aromatic rings. The zero-order chi connectivity index (χ0) is 52.9. The quantitative estimate of drug-likeness (QED) is 0.0261. The molecule has 6 heteroatoms. The van der Waals surface area contributed by atoms with Crippen LogP contribution >= 0.6 is 0 Å². The van der Waals surface area contributed by atoms with E-state index in [1.165, 1.54) is 225 Å². The van der Waals surface area contributed by atoms with Gasteiger partial charge in [0, 0.05) is 19.3 Å².